The Kier molecular flexibility index (Phi) is 6.74. The van der Waals surface area contributed by atoms with Crippen molar-refractivity contribution in [3.05, 3.63) is 87.1 Å². The van der Waals surface area contributed by atoms with Crippen molar-refractivity contribution in [1.82, 2.24) is 15.0 Å². The van der Waals surface area contributed by atoms with Gasteiger partial charge in [-0.15, -0.1) is 0 Å². The van der Waals surface area contributed by atoms with Gasteiger partial charge < -0.3 is 9.84 Å². The molecule has 0 spiro atoms. The van der Waals surface area contributed by atoms with Crippen molar-refractivity contribution in [2.75, 3.05) is 7.11 Å². The minimum atomic E-state index is -0.891. The van der Waals surface area contributed by atoms with Crippen molar-refractivity contribution >= 4 is 39.0 Å². The number of ether oxygens (including phenoxy) is 1. The summed E-state index contributed by atoms with van der Waals surface area (Å²) in [5.74, 6) is 0.131. The maximum Gasteiger partial charge on any atom is 0.263 e. The van der Waals surface area contributed by atoms with Gasteiger partial charge >= 0.3 is 0 Å². The number of phenolic OH excluding ortho intramolecular Hbond substituents is 1. The Morgan fingerprint density at radius 3 is 2.62 bits per heavy atom. The lowest BCUT2D eigenvalue weighted by molar-refractivity contribution is -0.123. The summed E-state index contributed by atoms with van der Waals surface area (Å²) in [6.07, 6.45) is 1.41. The lowest BCUT2D eigenvalue weighted by Crippen LogP contribution is -2.35. The van der Waals surface area contributed by atoms with Gasteiger partial charge in [-0.25, -0.2) is 10.4 Å². The first-order valence-electron chi connectivity index (χ1n) is 10.4. The molecule has 3 aromatic carbocycles. The van der Waals surface area contributed by atoms with Crippen LogP contribution in [0.4, 0.5) is 0 Å². The van der Waals surface area contributed by atoms with Gasteiger partial charge in [0.15, 0.2) is 11.5 Å². The Bertz CT molecular complexity index is 1450. The van der Waals surface area contributed by atoms with Gasteiger partial charge in [0, 0.05) is 5.56 Å². The van der Waals surface area contributed by atoms with E-state index in [1.54, 1.807) is 37.3 Å². The van der Waals surface area contributed by atoms with Crippen LogP contribution in [0.3, 0.4) is 0 Å². The van der Waals surface area contributed by atoms with Crippen LogP contribution in [0.25, 0.3) is 22.3 Å². The van der Waals surface area contributed by atoms with Crippen molar-refractivity contribution in [2.45, 2.75) is 13.0 Å². The van der Waals surface area contributed by atoms with E-state index in [2.05, 4.69) is 31.4 Å². The molecule has 0 aliphatic heterocycles. The van der Waals surface area contributed by atoms with Crippen LogP contribution in [0.1, 0.15) is 18.5 Å². The number of nitrogens with one attached hydrogen (secondary N) is 1. The topological polar surface area (TPSA) is 106 Å². The van der Waals surface area contributed by atoms with E-state index in [4.69, 9.17) is 4.74 Å². The van der Waals surface area contributed by atoms with Crippen LogP contribution in [-0.4, -0.2) is 33.9 Å². The molecule has 34 heavy (non-hydrogen) atoms. The van der Waals surface area contributed by atoms with Gasteiger partial charge in [0.05, 0.1) is 28.7 Å². The number of aromatic nitrogens is 2. The minimum absolute atomic E-state index is 0.0334. The summed E-state index contributed by atoms with van der Waals surface area (Å²) in [6.45, 7) is 1.62. The average molecular weight is 521 g/mol. The number of amides is 1. The lowest BCUT2D eigenvalue weighted by atomic mass is 10.1. The van der Waals surface area contributed by atoms with Crippen LogP contribution in [-0.2, 0) is 4.79 Å². The molecule has 0 aliphatic rings. The normalized spacial score (nSPS) is 12.1. The standard InChI is InChI=1S/C25H21BrN4O4/c1-15(24(32)29-27-14-16-12-19(26)22(31)21(13-16)34-2)30-23(17-8-4-3-5-9-17)28-20-11-7-6-10-18(20)25(30)33/h3-15,31H,1-2H3,(H,29,32)/b27-14+/t15-/m0/s1. The van der Waals surface area contributed by atoms with E-state index in [-0.39, 0.29) is 17.1 Å². The van der Waals surface area contributed by atoms with Crippen molar-refractivity contribution in [3.8, 4) is 22.9 Å². The molecule has 0 saturated heterocycles. The van der Waals surface area contributed by atoms with Gasteiger partial charge in [-0.2, -0.15) is 5.10 Å². The molecular formula is C25H21BrN4O4. The predicted molar refractivity (Wildman–Crippen MR) is 134 cm³/mol. The molecule has 1 atom stereocenters. The summed E-state index contributed by atoms with van der Waals surface area (Å²) in [7, 11) is 1.44. The molecule has 1 amide bonds. The van der Waals surface area contributed by atoms with Crippen molar-refractivity contribution < 1.29 is 14.6 Å². The summed E-state index contributed by atoms with van der Waals surface area (Å²) in [6, 6.07) is 18.6. The molecule has 0 bridgehead atoms. The summed E-state index contributed by atoms with van der Waals surface area (Å²) >= 11 is 3.25. The van der Waals surface area contributed by atoms with Gasteiger partial charge in [0.2, 0.25) is 0 Å². The number of carbonyl (C=O) groups is 1. The van der Waals surface area contributed by atoms with Crippen LogP contribution >= 0.6 is 15.9 Å². The van der Waals surface area contributed by atoms with E-state index in [0.29, 0.717) is 26.8 Å². The van der Waals surface area contributed by atoms with Crippen LogP contribution in [0, 0.1) is 0 Å². The van der Waals surface area contributed by atoms with E-state index < -0.39 is 11.9 Å². The van der Waals surface area contributed by atoms with Gasteiger partial charge in [-0.05, 0) is 52.7 Å². The fraction of sp³-hybridized carbons (Fsp3) is 0.120. The predicted octanol–water partition coefficient (Wildman–Crippen LogP) is 4.25. The van der Waals surface area contributed by atoms with Crippen LogP contribution in [0.15, 0.2) is 81.1 Å². The molecule has 0 fully saturated rings. The first-order valence-corrected chi connectivity index (χ1v) is 11.2. The molecule has 0 unspecified atom stereocenters. The van der Waals surface area contributed by atoms with E-state index in [0.717, 1.165) is 5.56 Å². The molecule has 0 aliphatic carbocycles. The third-order valence-corrected chi connectivity index (χ3v) is 5.87. The zero-order valence-electron chi connectivity index (χ0n) is 18.4. The van der Waals surface area contributed by atoms with Gasteiger partial charge in [0.25, 0.3) is 11.5 Å². The maximum atomic E-state index is 13.4. The second-order valence-electron chi connectivity index (χ2n) is 7.46. The highest BCUT2D eigenvalue weighted by atomic mass is 79.9. The quantitative estimate of drug-likeness (QED) is 0.292. The average Bonchev–Trinajstić information content (AvgIpc) is 2.86. The largest absolute Gasteiger partial charge is 0.503 e. The van der Waals surface area contributed by atoms with Crippen molar-refractivity contribution in [1.29, 1.82) is 0 Å². The zero-order chi connectivity index (χ0) is 24.2. The van der Waals surface area contributed by atoms with Crippen LogP contribution in [0.2, 0.25) is 0 Å². The number of carbonyl (C=O) groups excluding carboxylic acids is 1. The number of hydrazone groups is 1. The number of benzene rings is 3. The molecule has 0 saturated carbocycles. The highest BCUT2D eigenvalue weighted by Crippen LogP contribution is 2.34. The third-order valence-electron chi connectivity index (χ3n) is 5.27. The molecule has 0 radical (unpaired) electrons. The highest BCUT2D eigenvalue weighted by Gasteiger charge is 2.22. The SMILES string of the molecule is COc1cc(/C=N/NC(=O)[C@H](C)n2c(-c3ccccc3)nc3ccccc3c2=O)cc(Br)c1O. The maximum absolute atomic E-state index is 13.4. The number of fused-ring (bicyclic) bond motifs is 1. The zero-order valence-corrected chi connectivity index (χ0v) is 20.0. The summed E-state index contributed by atoms with van der Waals surface area (Å²) < 4.78 is 6.92. The first kappa shape index (κ1) is 23.2. The first-order chi connectivity index (χ1) is 16.4. The lowest BCUT2D eigenvalue weighted by Gasteiger charge is -2.18. The Morgan fingerprint density at radius 1 is 1.18 bits per heavy atom. The van der Waals surface area contributed by atoms with E-state index in [1.807, 2.05) is 36.4 Å². The number of halogens is 1. The molecule has 172 valence electrons. The molecule has 9 heteroatoms. The van der Waals surface area contributed by atoms with E-state index >= 15 is 0 Å². The van der Waals surface area contributed by atoms with Crippen LogP contribution in [0.5, 0.6) is 11.5 Å². The van der Waals surface area contributed by atoms with Gasteiger partial charge in [-0.3, -0.25) is 14.2 Å². The molecule has 1 heterocycles. The molecule has 2 N–H and O–H groups in total. The fourth-order valence-electron chi connectivity index (χ4n) is 3.50. The smallest absolute Gasteiger partial charge is 0.263 e. The Morgan fingerprint density at radius 2 is 1.88 bits per heavy atom. The van der Waals surface area contributed by atoms with Crippen molar-refractivity contribution in [2.24, 2.45) is 5.10 Å². The van der Waals surface area contributed by atoms with Gasteiger partial charge in [0.1, 0.15) is 11.9 Å². The number of hydrogen-bond donors (Lipinski definition) is 2. The molecule has 4 aromatic rings. The second-order valence-corrected chi connectivity index (χ2v) is 8.31. The number of aromatic hydroxyl groups is 1. The number of phenols is 1. The molecule has 8 nitrogen and oxygen atoms in total. The number of rotatable bonds is 6. The fourth-order valence-corrected chi connectivity index (χ4v) is 3.96. The number of methoxy groups -OCH3 is 1. The number of nitrogens with zero attached hydrogens (tertiary/aromatic N) is 3. The summed E-state index contributed by atoms with van der Waals surface area (Å²) in [5.41, 5.74) is 4.02. The molecule has 4 rings (SSSR count). The Hall–Kier alpha value is -3.98. The van der Waals surface area contributed by atoms with Crippen LogP contribution < -0.4 is 15.7 Å². The molecule has 1 aromatic heterocycles. The van der Waals surface area contributed by atoms with Gasteiger partial charge in [-0.1, -0.05) is 42.5 Å². The summed E-state index contributed by atoms with van der Waals surface area (Å²) in [5, 5.41) is 14.4. The third kappa shape index (κ3) is 4.55. The highest BCUT2D eigenvalue weighted by molar-refractivity contribution is 9.10. The van der Waals surface area contributed by atoms with Crippen molar-refractivity contribution in [3.63, 3.8) is 0 Å². The van der Waals surface area contributed by atoms with E-state index in [9.17, 15) is 14.7 Å². The number of para-hydroxylation sites is 1. The molecular weight excluding hydrogens is 500 g/mol. The van der Waals surface area contributed by atoms with E-state index in [1.165, 1.54) is 17.9 Å². The monoisotopic (exact) mass is 520 g/mol. The second kappa shape index (κ2) is 9.88. The Balaban J connectivity index is 1.67. The summed E-state index contributed by atoms with van der Waals surface area (Å²) in [4.78, 5) is 31.0. The number of hydrogen-bond acceptors (Lipinski definition) is 6. The Labute approximate surface area is 203 Å². The minimum Gasteiger partial charge on any atom is -0.503 e.